The molecule has 0 amide bonds. The van der Waals surface area contributed by atoms with E-state index in [2.05, 4.69) is 13.8 Å². The van der Waals surface area contributed by atoms with E-state index in [0.29, 0.717) is 0 Å². The quantitative estimate of drug-likeness (QED) is 0.552. The van der Waals surface area contributed by atoms with E-state index >= 15 is 0 Å². The topological polar surface area (TPSA) is 20.2 Å². The van der Waals surface area contributed by atoms with Crippen molar-refractivity contribution in [1.82, 2.24) is 0 Å². The molecule has 0 heterocycles. The minimum absolute atomic E-state index is 0.688. The highest BCUT2D eigenvalue weighted by molar-refractivity contribution is 7.06. The minimum Gasteiger partial charge on any atom is -0.433 e. The Balaban J connectivity index is 0. The third kappa shape index (κ3) is 36.7. The SMILES string of the molecule is CC[SiH](Cl)CC.C[Si](C)(C)O. The zero-order valence-corrected chi connectivity index (χ0v) is 11.2. The summed E-state index contributed by atoms with van der Waals surface area (Å²) in [5.41, 5.74) is 0. The first kappa shape index (κ1) is 14.2. The van der Waals surface area contributed by atoms with Gasteiger partial charge in [0.05, 0.1) is 0 Å². The van der Waals surface area contributed by atoms with Gasteiger partial charge in [0.1, 0.15) is 8.11 Å². The van der Waals surface area contributed by atoms with Gasteiger partial charge in [-0.25, -0.2) is 0 Å². The van der Waals surface area contributed by atoms with Crippen LogP contribution >= 0.6 is 11.1 Å². The summed E-state index contributed by atoms with van der Waals surface area (Å²) in [4.78, 5) is 8.66. The summed E-state index contributed by atoms with van der Waals surface area (Å²) in [6.07, 6.45) is 0. The largest absolute Gasteiger partial charge is 0.433 e. The van der Waals surface area contributed by atoms with Gasteiger partial charge in [-0.3, -0.25) is 0 Å². The van der Waals surface area contributed by atoms with Gasteiger partial charge in [0.25, 0.3) is 0 Å². The lowest BCUT2D eigenvalue weighted by molar-refractivity contribution is 0.561. The molecule has 70 valence electrons. The molecule has 1 nitrogen and oxygen atoms in total. The van der Waals surface area contributed by atoms with Crippen molar-refractivity contribution in [2.24, 2.45) is 0 Å². The summed E-state index contributed by atoms with van der Waals surface area (Å²) in [7, 11) is -2.30. The fourth-order valence-corrected chi connectivity index (χ4v) is 0.866. The van der Waals surface area contributed by atoms with E-state index in [0.717, 1.165) is 0 Å². The molecule has 0 aliphatic rings. The van der Waals surface area contributed by atoms with Gasteiger partial charge in [-0.1, -0.05) is 13.8 Å². The van der Waals surface area contributed by atoms with E-state index in [1.165, 1.54) is 12.1 Å². The highest BCUT2D eigenvalue weighted by atomic mass is 35.6. The molecule has 0 saturated heterocycles. The molecule has 0 fully saturated rings. The lowest BCUT2D eigenvalue weighted by Crippen LogP contribution is -2.17. The molecule has 0 unspecified atom stereocenters. The Hall–Kier alpha value is 0.684. The van der Waals surface area contributed by atoms with E-state index in [9.17, 15) is 0 Å². The van der Waals surface area contributed by atoms with Crippen molar-refractivity contribution in [3.63, 3.8) is 0 Å². The second-order valence-corrected chi connectivity index (χ2v) is 12.6. The smallest absolute Gasteiger partial charge is 0.179 e. The van der Waals surface area contributed by atoms with Gasteiger partial charge < -0.3 is 4.80 Å². The predicted octanol–water partition coefficient (Wildman–Crippen LogP) is 2.80. The molecule has 0 aliphatic carbocycles. The molecule has 0 radical (unpaired) electrons. The zero-order chi connectivity index (χ0) is 9.49. The Morgan fingerprint density at radius 2 is 1.36 bits per heavy atom. The Labute approximate surface area is 78.2 Å². The first-order valence-corrected chi connectivity index (χ1v) is 11.0. The Kier molecular flexibility index (Phi) is 9.49. The van der Waals surface area contributed by atoms with E-state index in [-0.39, 0.29) is 0 Å². The van der Waals surface area contributed by atoms with Crippen LogP contribution in [0.3, 0.4) is 0 Å². The van der Waals surface area contributed by atoms with Crippen LogP contribution in [0, 0.1) is 0 Å². The van der Waals surface area contributed by atoms with Crippen molar-refractivity contribution in [2.45, 2.75) is 45.6 Å². The van der Waals surface area contributed by atoms with Crippen LogP contribution in [0.4, 0.5) is 0 Å². The third-order valence-electron chi connectivity index (χ3n) is 0.886. The van der Waals surface area contributed by atoms with Crippen molar-refractivity contribution >= 4 is 27.5 Å². The van der Waals surface area contributed by atoms with Crippen molar-refractivity contribution in [2.75, 3.05) is 0 Å². The first-order valence-electron chi connectivity index (χ1n) is 4.17. The van der Waals surface area contributed by atoms with Crippen LogP contribution in [-0.2, 0) is 0 Å². The molecular weight excluding hydrogens is 192 g/mol. The van der Waals surface area contributed by atoms with Gasteiger partial charge in [-0.15, -0.1) is 0 Å². The number of rotatable bonds is 2. The number of hydrogen-bond donors (Lipinski definition) is 1. The molecule has 11 heavy (non-hydrogen) atoms. The van der Waals surface area contributed by atoms with Crippen molar-refractivity contribution in [1.29, 1.82) is 0 Å². The van der Waals surface area contributed by atoms with Crippen molar-refractivity contribution < 1.29 is 4.80 Å². The van der Waals surface area contributed by atoms with Crippen LogP contribution in [0.25, 0.3) is 0 Å². The summed E-state index contributed by atoms with van der Waals surface area (Å²) < 4.78 is 0. The summed E-state index contributed by atoms with van der Waals surface area (Å²) in [5.74, 6) is 0. The van der Waals surface area contributed by atoms with E-state index in [1.54, 1.807) is 0 Å². The van der Waals surface area contributed by atoms with Crippen LogP contribution in [0.2, 0.25) is 31.7 Å². The molecule has 0 bridgehead atoms. The van der Waals surface area contributed by atoms with Crippen LogP contribution < -0.4 is 0 Å². The normalized spacial score (nSPS) is 10.9. The van der Waals surface area contributed by atoms with Gasteiger partial charge in [-0.2, -0.15) is 11.1 Å². The summed E-state index contributed by atoms with van der Waals surface area (Å²) in [6.45, 7) is 9.97. The van der Waals surface area contributed by atoms with Gasteiger partial charge in [0.2, 0.25) is 0 Å². The third-order valence-corrected chi connectivity index (χ3v) is 4.51. The van der Waals surface area contributed by atoms with Gasteiger partial charge in [0, 0.05) is 0 Å². The highest BCUT2D eigenvalue weighted by Gasteiger charge is 2.03. The van der Waals surface area contributed by atoms with E-state index in [1.807, 2.05) is 19.6 Å². The molecule has 0 aromatic carbocycles. The van der Waals surface area contributed by atoms with Crippen LogP contribution in [0.1, 0.15) is 13.8 Å². The number of halogens is 1. The lowest BCUT2D eigenvalue weighted by Gasteiger charge is -2.00. The Morgan fingerprint density at radius 1 is 1.18 bits per heavy atom. The van der Waals surface area contributed by atoms with Crippen LogP contribution in [0.5, 0.6) is 0 Å². The summed E-state index contributed by atoms with van der Waals surface area (Å²) >= 11 is 5.79. The molecule has 0 rings (SSSR count). The molecule has 0 aromatic heterocycles. The molecular formula is C7H21ClOSi2. The molecule has 1 N–H and O–H groups in total. The monoisotopic (exact) mass is 212 g/mol. The molecule has 0 spiro atoms. The van der Waals surface area contributed by atoms with Gasteiger partial charge in [-0.05, 0) is 31.7 Å². The van der Waals surface area contributed by atoms with Gasteiger partial charge in [0.15, 0.2) is 8.32 Å². The number of hydrogen-bond acceptors (Lipinski definition) is 1. The summed E-state index contributed by atoms with van der Waals surface area (Å²) in [6, 6.07) is 2.47. The average Bonchev–Trinajstić information content (AvgIpc) is 1.83. The average molecular weight is 213 g/mol. The maximum absolute atomic E-state index is 8.66. The fraction of sp³-hybridized carbons (Fsp3) is 1.00. The highest BCUT2D eigenvalue weighted by Crippen LogP contribution is 2.00. The first-order chi connectivity index (χ1) is 4.81. The van der Waals surface area contributed by atoms with Crippen molar-refractivity contribution in [3.05, 3.63) is 0 Å². The Bertz CT molecular complexity index is 73.0. The zero-order valence-electron chi connectivity index (χ0n) is 8.32. The standard InChI is InChI=1S/C4H11ClSi.C3H10OSi/c1-3-6(5)4-2;1-5(2,3)4/h6H,3-4H2,1-2H3;4H,1-3H3. The van der Waals surface area contributed by atoms with Gasteiger partial charge >= 0.3 is 0 Å². The fourth-order valence-electron chi connectivity index (χ4n) is 0.289. The minimum atomic E-state index is -1.61. The van der Waals surface area contributed by atoms with Crippen molar-refractivity contribution in [3.8, 4) is 0 Å². The molecule has 0 saturated carbocycles. The maximum atomic E-state index is 8.66. The second kappa shape index (κ2) is 7.34. The van der Waals surface area contributed by atoms with Crippen LogP contribution in [-0.4, -0.2) is 21.2 Å². The van der Waals surface area contributed by atoms with E-state index in [4.69, 9.17) is 15.9 Å². The maximum Gasteiger partial charge on any atom is 0.179 e. The molecule has 0 aliphatic heterocycles. The second-order valence-electron chi connectivity index (χ2n) is 3.58. The Morgan fingerprint density at radius 3 is 1.36 bits per heavy atom. The van der Waals surface area contributed by atoms with Crippen LogP contribution in [0.15, 0.2) is 0 Å². The lowest BCUT2D eigenvalue weighted by atomic mass is 11.0. The molecule has 0 atom stereocenters. The summed E-state index contributed by atoms with van der Waals surface area (Å²) in [5, 5.41) is 0. The predicted molar refractivity (Wildman–Crippen MR) is 59.5 cm³/mol. The molecule has 0 aromatic rings. The molecule has 4 heteroatoms. The van der Waals surface area contributed by atoms with E-state index < -0.39 is 16.4 Å².